The van der Waals surface area contributed by atoms with Crippen molar-refractivity contribution in [1.29, 1.82) is 0 Å². The van der Waals surface area contributed by atoms with E-state index in [1.807, 2.05) is 0 Å². The highest BCUT2D eigenvalue weighted by molar-refractivity contribution is 7.99. The molecule has 1 aliphatic carbocycles. The zero-order valence-electron chi connectivity index (χ0n) is 17.3. The highest BCUT2D eigenvalue weighted by atomic mass is 35.5. The number of aromatic nitrogens is 2. The van der Waals surface area contributed by atoms with Crippen molar-refractivity contribution >= 4 is 62.5 Å². The second-order valence-electron chi connectivity index (χ2n) is 7.15. The Hall–Kier alpha value is -2.62. The van der Waals surface area contributed by atoms with Gasteiger partial charge in [0, 0.05) is 16.4 Å². The molecule has 0 bridgehead atoms. The summed E-state index contributed by atoms with van der Waals surface area (Å²) in [4.78, 5) is 43.5. The number of benzene rings is 1. The summed E-state index contributed by atoms with van der Waals surface area (Å²) in [6.07, 6.45) is 4.29. The monoisotopic (exact) mass is 489 g/mol. The molecule has 0 saturated heterocycles. The maximum Gasteiger partial charge on any atom is 0.341 e. The van der Waals surface area contributed by atoms with Crippen molar-refractivity contribution in [3.63, 3.8) is 0 Å². The van der Waals surface area contributed by atoms with Gasteiger partial charge in [-0.15, -0.1) is 17.9 Å². The summed E-state index contributed by atoms with van der Waals surface area (Å²) >= 11 is 8.61. The molecule has 3 aromatic rings. The van der Waals surface area contributed by atoms with E-state index in [1.54, 1.807) is 24.3 Å². The first kappa shape index (κ1) is 22.6. The maximum absolute atomic E-state index is 12.9. The Bertz CT molecular complexity index is 1300. The second kappa shape index (κ2) is 9.48. The van der Waals surface area contributed by atoms with Gasteiger partial charge in [-0.25, -0.2) is 9.78 Å². The predicted octanol–water partition coefficient (Wildman–Crippen LogP) is 4.30. The van der Waals surface area contributed by atoms with Crippen LogP contribution in [0.3, 0.4) is 0 Å². The van der Waals surface area contributed by atoms with Gasteiger partial charge in [0.15, 0.2) is 5.16 Å². The Balaban J connectivity index is 1.57. The molecular weight excluding hydrogens is 470 g/mol. The Kier molecular flexibility index (Phi) is 6.68. The van der Waals surface area contributed by atoms with Crippen LogP contribution >= 0.6 is 34.7 Å². The molecule has 4 rings (SSSR count). The van der Waals surface area contributed by atoms with E-state index < -0.39 is 5.97 Å². The Morgan fingerprint density at radius 1 is 1.41 bits per heavy atom. The number of esters is 1. The lowest BCUT2D eigenvalue weighted by atomic mass is 10.1. The van der Waals surface area contributed by atoms with Crippen molar-refractivity contribution in [2.75, 3.05) is 18.2 Å². The first-order valence-corrected chi connectivity index (χ1v) is 12.1. The third kappa shape index (κ3) is 4.32. The quantitative estimate of drug-likeness (QED) is 0.230. The molecule has 32 heavy (non-hydrogen) atoms. The number of hydrogen-bond donors (Lipinski definition) is 1. The largest absolute Gasteiger partial charge is 0.465 e. The van der Waals surface area contributed by atoms with Gasteiger partial charge < -0.3 is 10.1 Å². The van der Waals surface area contributed by atoms with Crippen LogP contribution in [0.4, 0.5) is 5.00 Å². The molecule has 0 aliphatic heterocycles. The van der Waals surface area contributed by atoms with E-state index in [1.165, 1.54) is 23.0 Å². The number of methoxy groups -OCH3 is 1. The molecule has 2 heterocycles. The van der Waals surface area contributed by atoms with Crippen LogP contribution in [0.5, 0.6) is 0 Å². The first-order valence-electron chi connectivity index (χ1n) is 9.89. The second-order valence-corrected chi connectivity index (χ2v) is 9.63. The average Bonchev–Trinajstić information content (AvgIpc) is 3.34. The van der Waals surface area contributed by atoms with Crippen LogP contribution in [0.15, 0.2) is 40.8 Å². The molecule has 1 aliphatic rings. The van der Waals surface area contributed by atoms with Gasteiger partial charge in [-0.05, 0) is 43.0 Å². The summed E-state index contributed by atoms with van der Waals surface area (Å²) in [5.41, 5.74) is 1.66. The van der Waals surface area contributed by atoms with Gasteiger partial charge >= 0.3 is 5.97 Å². The Morgan fingerprint density at radius 3 is 2.97 bits per heavy atom. The number of thiophene rings is 1. The van der Waals surface area contributed by atoms with E-state index in [0.29, 0.717) is 31.6 Å². The zero-order valence-corrected chi connectivity index (χ0v) is 19.7. The lowest BCUT2D eigenvalue weighted by Crippen LogP contribution is -2.24. The predicted molar refractivity (Wildman–Crippen MR) is 128 cm³/mol. The number of nitrogens with one attached hydrogen (secondary N) is 1. The summed E-state index contributed by atoms with van der Waals surface area (Å²) in [5, 5.41) is 4.66. The van der Waals surface area contributed by atoms with Gasteiger partial charge in [0.1, 0.15) is 5.00 Å². The molecule has 7 nitrogen and oxygen atoms in total. The SMILES string of the molecule is C=CCn1c(SCC(=O)Nc2sc3c(c2C(=O)OC)CCC3)nc2cc(Cl)ccc2c1=O. The minimum Gasteiger partial charge on any atom is -0.465 e. The van der Waals surface area contributed by atoms with Gasteiger partial charge in [0.05, 0.1) is 29.3 Å². The van der Waals surface area contributed by atoms with Crippen LogP contribution in [0.25, 0.3) is 10.9 Å². The van der Waals surface area contributed by atoms with Gasteiger partial charge in [0.2, 0.25) is 5.91 Å². The van der Waals surface area contributed by atoms with E-state index in [9.17, 15) is 14.4 Å². The lowest BCUT2D eigenvalue weighted by Gasteiger charge is -2.12. The molecule has 0 radical (unpaired) electrons. The van der Waals surface area contributed by atoms with Crippen LogP contribution in [-0.4, -0.2) is 34.3 Å². The fourth-order valence-corrected chi connectivity index (χ4v) is 5.95. The minimum atomic E-state index is -0.444. The van der Waals surface area contributed by atoms with E-state index in [-0.39, 0.29) is 23.8 Å². The van der Waals surface area contributed by atoms with Crippen molar-refractivity contribution in [3.8, 4) is 0 Å². The summed E-state index contributed by atoms with van der Waals surface area (Å²) < 4.78 is 6.39. The third-order valence-corrected chi connectivity index (χ3v) is 7.51. The van der Waals surface area contributed by atoms with Gasteiger partial charge in [0.25, 0.3) is 5.56 Å². The molecule has 1 amide bonds. The van der Waals surface area contributed by atoms with Gasteiger partial charge in [-0.3, -0.25) is 14.2 Å². The smallest absolute Gasteiger partial charge is 0.341 e. The maximum atomic E-state index is 12.9. The van der Waals surface area contributed by atoms with Crippen LogP contribution in [-0.2, 0) is 28.9 Å². The molecule has 1 aromatic carbocycles. The normalized spacial score (nSPS) is 12.6. The highest BCUT2D eigenvalue weighted by Crippen LogP contribution is 2.39. The summed E-state index contributed by atoms with van der Waals surface area (Å²) in [7, 11) is 1.33. The molecular formula is C22H20ClN3O4S2. The van der Waals surface area contributed by atoms with Crippen LogP contribution in [0.1, 0.15) is 27.2 Å². The summed E-state index contributed by atoms with van der Waals surface area (Å²) in [6.45, 7) is 3.96. The summed E-state index contributed by atoms with van der Waals surface area (Å²) in [6, 6.07) is 4.90. The first-order chi connectivity index (χ1) is 15.4. The number of ether oxygens (including phenoxy) is 1. The number of hydrogen-bond acceptors (Lipinski definition) is 7. The molecule has 0 fully saturated rings. The molecule has 166 valence electrons. The number of thioether (sulfide) groups is 1. The number of carbonyl (C=O) groups excluding carboxylic acids is 2. The van der Waals surface area contributed by atoms with Crippen molar-refractivity contribution in [3.05, 3.63) is 62.2 Å². The molecule has 1 N–H and O–H groups in total. The van der Waals surface area contributed by atoms with Crippen LogP contribution in [0, 0.1) is 0 Å². The number of anilines is 1. The summed E-state index contributed by atoms with van der Waals surface area (Å²) in [5.74, 6) is -0.732. The van der Waals surface area contributed by atoms with Crippen LogP contribution < -0.4 is 10.9 Å². The van der Waals surface area contributed by atoms with E-state index >= 15 is 0 Å². The van der Waals surface area contributed by atoms with Gasteiger partial charge in [-0.2, -0.15) is 0 Å². The number of halogens is 1. The number of amides is 1. The molecule has 10 heteroatoms. The van der Waals surface area contributed by atoms with Crippen LogP contribution in [0.2, 0.25) is 5.02 Å². The molecule has 0 spiro atoms. The number of allylic oxidation sites excluding steroid dienone is 1. The fraction of sp³-hybridized carbons (Fsp3) is 0.273. The van der Waals surface area contributed by atoms with Crippen molar-refractivity contribution in [2.24, 2.45) is 0 Å². The highest BCUT2D eigenvalue weighted by Gasteiger charge is 2.28. The Morgan fingerprint density at radius 2 is 2.22 bits per heavy atom. The van der Waals surface area contributed by atoms with Crippen molar-refractivity contribution in [2.45, 2.75) is 31.0 Å². The standard InChI is InChI=1S/C22H20ClN3O4S2/c1-3-9-26-20(28)13-8-7-12(23)10-15(13)24-22(26)31-11-17(27)25-19-18(21(29)30-2)14-5-4-6-16(14)32-19/h3,7-8,10H,1,4-6,9,11H2,2H3,(H,25,27). The average molecular weight is 490 g/mol. The van der Waals surface area contributed by atoms with E-state index in [2.05, 4.69) is 16.9 Å². The van der Waals surface area contributed by atoms with Crippen molar-refractivity contribution < 1.29 is 14.3 Å². The number of fused-ring (bicyclic) bond motifs is 2. The lowest BCUT2D eigenvalue weighted by molar-refractivity contribution is -0.113. The van der Waals surface area contributed by atoms with E-state index in [4.69, 9.17) is 16.3 Å². The van der Waals surface area contributed by atoms with Crippen molar-refractivity contribution in [1.82, 2.24) is 9.55 Å². The number of carbonyl (C=O) groups is 2. The zero-order chi connectivity index (χ0) is 22.8. The minimum absolute atomic E-state index is 0.0127. The fourth-order valence-electron chi connectivity index (χ4n) is 3.68. The molecule has 2 aromatic heterocycles. The van der Waals surface area contributed by atoms with E-state index in [0.717, 1.165) is 41.5 Å². The molecule has 0 saturated carbocycles. The molecule has 0 atom stereocenters. The third-order valence-electron chi connectivity index (χ3n) is 5.09. The molecule has 0 unspecified atom stereocenters. The Labute approximate surface area is 197 Å². The topological polar surface area (TPSA) is 90.3 Å². The van der Waals surface area contributed by atoms with Gasteiger partial charge in [-0.1, -0.05) is 29.4 Å². The number of aryl methyl sites for hydroxylation is 1. The number of rotatable bonds is 7. The number of nitrogens with zero attached hydrogens (tertiary/aromatic N) is 2.